The topological polar surface area (TPSA) is 48.0 Å². The van der Waals surface area contributed by atoms with E-state index in [0.29, 0.717) is 37.4 Å². The van der Waals surface area contributed by atoms with E-state index in [1.54, 1.807) is 19.1 Å². The van der Waals surface area contributed by atoms with E-state index in [0.717, 1.165) is 5.56 Å². The molecule has 162 valence electrons. The molecule has 0 aliphatic carbocycles. The Hall–Kier alpha value is -2.74. The summed E-state index contributed by atoms with van der Waals surface area (Å²) < 4.78 is 51.6. The Morgan fingerprint density at radius 3 is 2.13 bits per heavy atom. The predicted molar refractivity (Wildman–Crippen MR) is 104 cm³/mol. The Labute approximate surface area is 173 Å². The lowest BCUT2D eigenvalue weighted by molar-refractivity contribution is -0.274. The summed E-state index contributed by atoms with van der Waals surface area (Å²) in [5, 5.41) is 0. The SMILES string of the molecule is COc1ccc(C2(C(=O)N(C)Cc3ccc(OC(F)(F)F)cc3)CCOCC2)cc1. The van der Waals surface area contributed by atoms with Crippen LogP contribution in [0.5, 0.6) is 11.5 Å². The van der Waals surface area contributed by atoms with Gasteiger partial charge in [0.25, 0.3) is 0 Å². The van der Waals surface area contributed by atoms with Gasteiger partial charge in [-0.3, -0.25) is 4.79 Å². The molecule has 1 heterocycles. The molecule has 1 fully saturated rings. The quantitative estimate of drug-likeness (QED) is 0.695. The van der Waals surface area contributed by atoms with Crippen molar-refractivity contribution in [2.45, 2.75) is 31.2 Å². The van der Waals surface area contributed by atoms with Gasteiger partial charge in [-0.15, -0.1) is 13.2 Å². The summed E-state index contributed by atoms with van der Waals surface area (Å²) in [4.78, 5) is 15.1. The van der Waals surface area contributed by atoms with Gasteiger partial charge in [0.15, 0.2) is 0 Å². The van der Waals surface area contributed by atoms with Crippen LogP contribution in [0.15, 0.2) is 48.5 Å². The van der Waals surface area contributed by atoms with Gasteiger partial charge in [-0.05, 0) is 48.2 Å². The van der Waals surface area contributed by atoms with E-state index in [1.165, 1.54) is 24.3 Å². The molecule has 0 spiro atoms. The molecule has 2 aromatic rings. The van der Waals surface area contributed by atoms with Gasteiger partial charge in [0.1, 0.15) is 11.5 Å². The van der Waals surface area contributed by atoms with Crippen LogP contribution in [0.2, 0.25) is 0 Å². The van der Waals surface area contributed by atoms with E-state index in [9.17, 15) is 18.0 Å². The maximum Gasteiger partial charge on any atom is 0.573 e. The molecule has 1 amide bonds. The minimum Gasteiger partial charge on any atom is -0.497 e. The molecule has 0 aromatic heterocycles. The zero-order chi connectivity index (χ0) is 21.8. The Balaban J connectivity index is 1.77. The molecule has 0 radical (unpaired) electrons. The Bertz CT molecular complexity index is 844. The first-order chi connectivity index (χ1) is 14.2. The zero-order valence-corrected chi connectivity index (χ0v) is 16.9. The average Bonchev–Trinajstić information content (AvgIpc) is 2.74. The van der Waals surface area contributed by atoms with Crippen LogP contribution in [0.3, 0.4) is 0 Å². The predicted octanol–water partition coefficient (Wildman–Crippen LogP) is 4.30. The number of amides is 1. The number of ether oxygens (including phenoxy) is 3. The highest BCUT2D eigenvalue weighted by Gasteiger charge is 2.43. The van der Waals surface area contributed by atoms with Crippen molar-refractivity contribution in [3.8, 4) is 11.5 Å². The van der Waals surface area contributed by atoms with Crippen molar-refractivity contribution >= 4 is 5.91 Å². The summed E-state index contributed by atoms with van der Waals surface area (Å²) in [5.74, 6) is 0.369. The lowest BCUT2D eigenvalue weighted by atomic mass is 9.73. The van der Waals surface area contributed by atoms with Crippen molar-refractivity contribution in [3.05, 3.63) is 59.7 Å². The van der Waals surface area contributed by atoms with Crippen LogP contribution in [0.1, 0.15) is 24.0 Å². The van der Waals surface area contributed by atoms with Crippen molar-refractivity contribution in [1.29, 1.82) is 0 Å². The van der Waals surface area contributed by atoms with Crippen LogP contribution in [0.4, 0.5) is 13.2 Å². The molecule has 1 aliphatic heterocycles. The van der Waals surface area contributed by atoms with Crippen LogP contribution in [-0.2, 0) is 21.5 Å². The fourth-order valence-corrected chi connectivity index (χ4v) is 3.76. The fourth-order valence-electron chi connectivity index (χ4n) is 3.76. The van der Waals surface area contributed by atoms with Gasteiger partial charge in [0.2, 0.25) is 5.91 Å². The van der Waals surface area contributed by atoms with E-state index < -0.39 is 11.8 Å². The molecule has 0 N–H and O–H groups in total. The van der Waals surface area contributed by atoms with E-state index in [1.807, 2.05) is 24.3 Å². The zero-order valence-electron chi connectivity index (χ0n) is 16.9. The summed E-state index contributed by atoms with van der Waals surface area (Å²) in [7, 11) is 3.28. The molecule has 5 nitrogen and oxygen atoms in total. The van der Waals surface area contributed by atoms with Gasteiger partial charge in [-0.1, -0.05) is 24.3 Å². The Morgan fingerprint density at radius 2 is 1.60 bits per heavy atom. The number of alkyl halides is 3. The second-order valence-electron chi connectivity index (χ2n) is 7.28. The number of nitrogens with zero attached hydrogens (tertiary/aromatic N) is 1. The van der Waals surface area contributed by atoms with E-state index in [4.69, 9.17) is 9.47 Å². The average molecular weight is 423 g/mol. The highest BCUT2D eigenvalue weighted by atomic mass is 19.4. The summed E-state index contributed by atoms with van der Waals surface area (Å²) >= 11 is 0. The fraction of sp³-hybridized carbons (Fsp3) is 0.409. The molecule has 3 rings (SSSR count). The molecule has 0 atom stereocenters. The van der Waals surface area contributed by atoms with E-state index >= 15 is 0 Å². The van der Waals surface area contributed by atoms with Crippen molar-refractivity contribution in [3.63, 3.8) is 0 Å². The molecule has 0 unspecified atom stereocenters. The molecule has 1 saturated heterocycles. The number of benzene rings is 2. The summed E-state index contributed by atoms with van der Waals surface area (Å²) in [5.41, 5.74) is 0.896. The second kappa shape index (κ2) is 8.95. The van der Waals surface area contributed by atoms with Crippen LogP contribution < -0.4 is 9.47 Å². The summed E-state index contributed by atoms with van der Waals surface area (Å²) in [6, 6.07) is 13.0. The summed E-state index contributed by atoms with van der Waals surface area (Å²) in [6.07, 6.45) is -3.62. The monoisotopic (exact) mass is 423 g/mol. The first-order valence-corrected chi connectivity index (χ1v) is 9.56. The third-order valence-corrected chi connectivity index (χ3v) is 5.32. The third-order valence-electron chi connectivity index (χ3n) is 5.32. The lowest BCUT2D eigenvalue weighted by Crippen LogP contribution is -2.48. The number of halogens is 3. The number of rotatable bonds is 6. The largest absolute Gasteiger partial charge is 0.573 e. The highest BCUT2D eigenvalue weighted by Crippen LogP contribution is 2.37. The van der Waals surface area contributed by atoms with Crippen LogP contribution >= 0.6 is 0 Å². The van der Waals surface area contributed by atoms with Gasteiger partial charge in [0, 0.05) is 26.8 Å². The Morgan fingerprint density at radius 1 is 1.03 bits per heavy atom. The van der Waals surface area contributed by atoms with Gasteiger partial charge >= 0.3 is 6.36 Å². The molecule has 0 saturated carbocycles. The smallest absolute Gasteiger partial charge is 0.497 e. The number of hydrogen-bond acceptors (Lipinski definition) is 4. The molecular formula is C22H24F3NO4. The Kier molecular flexibility index (Phi) is 6.55. The van der Waals surface area contributed by atoms with Crippen LogP contribution in [0.25, 0.3) is 0 Å². The maximum atomic E-state index is 13.5. The number of likely N-dealkylation sites (N-methyl/N-ethyl adjacent to an activating group) is 1. The van der Waals surface area contributed by atoms with Gasteiger partial charge in [0.05, 0.1) is 12.5 Å². The molecule has 1 aliphatic rings. The standard InChI is InChI=1S/C22H24F3NO4/c1-26(15-16-3-7-19(8-4-16)30-22(23,24)25)20(27)21(11-13-29-14-12-21)17-5-9-18(28-2)10-6-17/h3-10H,11-15H2,1-2H3. The highest BCUT2D eigenvalue weighted by molar-refractivity contribution is 5.88. The third kappa shape index (κ3) is 5.05. The summed E-state index contributed by atoms with van der Waals surface area (Å²) in [6.45, 7) is 1.23. The van der Waals surface area contributed by atoms with E-state index in [2.05, 4.69) is 4.74 Å². The normalized spacial score (nSPS) is 16.0. The van der Waals surface area contributed by atoms with Gasteiger partial charge in [-0.25, -0.2) is 0 Å². The molecule has 30 heavy (non-hydrogen) atoms. The number of hydrogen-bond donors (Lipinski definition) is 0. The minimum absolute atomic E-state index is 0.0495. The van der Waals surface area contributed by atoms with Crippen LogP contribution in [0, 0.1) is 0 Å². The first-order valence-electron chi connectivity index (χ1n) is 9.56. The maximum absolute atomic E-state index is 13.5. The van der Waals surface area contributed by atoms with Gasteiger partial charge < -0.3 is 19.1 Å². The van der Waals surface area contributed by atoms with Crippen molar-refractivity contribution < 1.29 is 32.2 Å². The van der Waals surface area contributed by atoms with Gasteiger partial charge in [-0.2, -0.15) is 0 Å². The molecule has 2 aromatic carbocycles. The van der Waals surface area contributed by atoms with Crippen molar-refractivity contribution in [1.82, 2.24) is 4.90 Å². The number of carbonyl (C=O) groups excluding carboxylic acids is 1. The lowest BCUT2D eigenvalue weighted by Gasteiger charge is -2.39. The van der Waals surface area contributed by atoms with Crippen LogP contribution in [-0.4, -0.2) is 44.5 Å². The molecule has 8 heteroatoms. The molecular weight excluding hydrogens is 399 g/mol. The number of carbonyl (C=O) groups is 1. The van der Waals surface area contributed by atoms with E-state index in [-0.39, 0.29) is 18.2 Å². The second-order valence-corrected chi connectivity index (χ2v) is 7.28. The minimum atomic E-state index is -4.73. The van der Waals surface area contributed by atoms with Crippen molar-refractivity contribution in [2.24, 2.45) is 0 Å². The molecule has 0 bridgehead atoms. The van der Waals surface area contributed by atoms with Crippen molar-refractivity contribution in [2.75, 3.05) is 27.4 Å². The first kappa shape index (κ1) is 22.0. The number of methoxy groups -OCH3 is 1.